The highest BCUT2D eigenvalue weighted by Gasteiger charge is 2.09. The molecule has 17 heavy (non-hydrogen) atoms. The van der Waals surface area contributed by atoms with Gasteiger partial charge in [-0.1, -0.05) is 18.7 Å². The smallest absolute Gasteiger partial charge is 0.170 e. The SMILES string of the molecule is CCc1nsc(SCCC(C#N)NC(C)C)n1. The molecule has 1 heterocycles. The number of hydrogen-bond acceptors (Lipinski definition) is 6. The highest BCUT2D eigenvalue weighted by molar-refractivity contribution is 8.00. The summed E-state index contributed by atoms with van der Waals surface area (Å²) in [6, 6.07) is 2.56. The fourth-order valence-electron chi connectivity index (χ4n) is 1.29. The van der Waals surface area contributed by atoms with E-state index in [-0.39, 0.29) is 6.04 Å². The first kappa shape index (κ1) is 14.4. The summed E-state index contributed by atoms with van der Waals surface area (Å²) < 4.78 is 5.23. The third kappa shape index (κ3) is 5.48. The standard InChI is InChI=1S/C11H18N4S2/c1-4-10-14-11(17-15-10)16-6-5-9(7-12)13-8(2)3/h8-9,13H,4-6H2,1-3H3. The van der Waals surface area contributed by atoms with E-state index in [2.05, 4.69) is 41.5 Å². The van der Waals surface area contributed by atoms with Gasteiger partial charge < -0.3 is 0 Å². The predicted molar refractivity (Wildman–Crippen MR) is 72.3 cm³/mol. The molecule has 0 saturated heterocycles. The Kier molecular flexibility index (Phi) is 6.48. The van der Waals surface area contributed by atoms with E-state index in [4.69, 9.17) is 5.26 Å². The van der Waals surface area contributed by atoms with Crippen LogP contribution in [0.25, 0.3) is 0 Å². The van der Waals surface area contributed by atoms with E-state index in [0.29, 0.717) is 6.04 Å². The first-order valence-electron chi connectivity index (χ1n) is 5.76. The van der Waals surface area contributed by atoms with Gasteiger partial charge in [0.05, 0.1) is 12.1 Å². The predicted octanol–water partition coefficient (Wildman–Crippen LogP) is 2.47. The van der Waals surface area contributed by atoms with Gasteiger partial charge in [0.1, 0.15) is 5.82 Å². The largest absolute Gasteiger partial charge is 0.300 e. The topological polar surface area (TPSA) is 61.6 Å². The zero-order chi connectivity index (χ0) is 12.7. The fourth-order valence-corrected chi connectivity index (χ4v) is 3.06. The third-order valence-electron chi connectivity index (χ3n) is 2.09. The second-order valence-electron chi connectivity index (χ2n) is 3.97. The minimum Gasteiger partial charge on any atom is -0.300 e. The quantitative estimate of drug-likeness (QED) is 0.771. The lowest BCUT2D eigenvalue weighted by Crippen LogP contribution is -2.33. The van der Waals surface area contributed by atoms with Crippen molar-refractivity contribution in [1.29, 1.82) is 5.26 Å². The Bertz CT molecular complexity index is 370. The van der Waals surface area contributed by atoms with Crippen molar-refractivity contribution in [3.63, 3.8) is 0 Å². The number of nitrogens with one attached hydrogen (secondary N) is 1. The molecule has 1 aromatic heterocycles. The summed E-state index contributed by atoms with van der Waals surface area (Å²) in [5, 5.41) is 12.2. The average molecular weight is 270 g/mol. The molecule has 0 amide bonds. The zero-order valence-electron chi connectivity index (χ0n) is 10.4. The van der Waals surface area contributed by atoms with Crippen LogP contribution in [0.1, 0.15) is 33.0 Å². The molecule has 0 bridgehead atoms. The minimum atomic E-state index is -0.0685. The zero-order valence-corrected chi connectivity index (χ0v) is 12.1. The van der Waals surface area contributed by atoms with Gasteiger partial charge in [0.25, 0.3) is 0 Å². The molecule has 1 atom stereocenters. The Morgan fingerprint density at radius 1 is 1.53 bits per heavy atom. The second kappa shape index (κ2) is 7.64. The van der Waals surface area contributed by atoms with Gasteiger partial charge in [0.15, 0.2) is 4.34 Å². The van der Waals surface area contributed by atoms with E-state index < -0.39 is 0 Å². The average Bonchev–Trinajstić information content (AvgIpc) is 2.75. The van der Waals surface area contributed by atoms with Crippen LogP contribution in [0.4, 0.5) is 0 Å². The van der Waals surface area contributed by atoms with Crippen LogP contribution >= 0.6 is 23.3 Å². The minimum absolute atomic E-state index is 0.0685. The van der Waals surface area contributed by atoms with Crippen molar-refractivity contribution in [2.24, 2.45) is 0 Å². The van der Waals surface area contributed by atoms with Crippen molar-refractivity contribution in [3.05, 3.63) is 5.82 Å². The van der Waals surface area contributed by atoms with Crippen LogP contribution in [0.2, 0.25) is 0 Å². The van der Waals surface area contributed by atoms with Crippen molar-refractivity contribution in [2.75, 3.05) is 5.75 Å². The number of rotatable bonds is 7. The molecule has 6 heteroatoms. The lowest BCUT2D eigenvalue weighted by molar-refractivity contribution is 0.522. The number of aryl methyl sites for hydroxylation is 1. The lowest BCUT2D eigenvalue weighted by atomic mass is 10.2. The summed E-state index contributed by atoms with van der Waals surface area (Å²) in [6.45, 7) is 6.15. The molecule has 94 valence electrons. The Balaban J connectivity index is 2.29. The normalized spacial score (nSPS) is 12.6. The lowest BCUT2D eigenvalue weighted by Gasteiger charge is -2.13. The maximum Gasteiger partial charge on any atom is 0.170 e. The molecule has 1 unspecified atom stereocenters. The molecule has 1 rings (SSSR count). The van der Waals surface area contributed by atoms with Crippen LogP contribution in [-0.2, 0) is 6.42 Å². The molecule has 0 radical (unpaired) electrons. The Hall–Kier alpha value is -0.640. The van der Waals surface area contributed by atoms with Gasteiger partial charge in [-0.3, -0.25) is 5.32 Å². The second-order valence-corrected chi connectivity index (χ2v) is 6.06. The van der Waals surface area contributed by atoms with Crippen molar-refractivity contribution in [3.8, 4) is 6.07 Å². The van der Waals surface area contributed by atoms with Crippen molar-refractivity contribution in [2.45, 2.75) is 50.0 Å². The molecule has 1 N–H and O–H groups in total. The molecule has 0 aliphatic rings. The van der Waals surface area contributed by atoms with Crippen LogP contribution in [-0.4, -0.2) is 27.2 Å². The van der Waals surface area contributed by atoms with Crippen LogP contribution in [0.15, 0.2) is 4.34 Å². The molecule has 4 nitrogen and oxygen atoms in total. The number of nitriles is 1. The Morgan fingerprint density at radius 3 is 2.82 bits per heavy atom. The van der Waals surface area contributed by atoms with Gasteiger partial charge in [0.2, 0.25) is 0 Å². The maximum absolute atomic E-state index is 8.97. The summed E-state index contributed by atoms with van der Waals surface area (Å²) in [7, 11) is 0. The molecule has 0 fully saturated rings. The molecule has 0 aromatic carbocycles. The van der Waals surface area contributed by atoms with E-state index in [9.17, 15) is 0 Å². The molecular formula is C11H18N4S2. The fraction of sp³-hybridized carbons (Fsp3) is 0.727. The number of hydrogen-bond donors (Lipinski definition) is 1. The molecule has 0 saturated carbocycles. The number of aromatic nitrogens is 2. The first-order chi connectivity index (χ1) is 8.15. The van der Waals surface area contributed by atoms with E-state index >= 15 is 0 Å². The van der Waals surface area contributed by atoms with E-state index in [1.165, 1.54) is 11.5 Å². The monoisotopic (exact) mass is 270 g/mol. The summed E-state index contributed by atoms with van der Waals surface area (Å²) >= 11 is 3.13. The van der Waals surface area contributed by atoms with Gasteiger partial charge in [-0.2, -0.15) is 9.64 Å². The summed E-state index contributed by atoms with van der Waals surface area (Å²) in [5.74, 6) is 1.81. The Labute approximate surface area is 111 Å². The van der Waals surface area contributed by atoms with Crippen LogP contribution in [0, 0.1) is 11.3 Å². The Morgan fingerprint density at radius 2 is 2.29 bits per heavy atom. The van der Waals surface area contributed by atoms with Crippen LogP contribution in [0.3, 0.4) is 0 Å². The highest BCUT2D eigenvalue weighted by atomic mass is 32.2. The van der Waals surface area contributed by atoms with Gasteiger partial charge in [-0.15, -0.1) is 0 Å². The van der Waals surface area contributed by atoms with Crippen LogP contribution < -0.4 is 5.32 Å². The highest BCUT2D eigenvalue weighted by Crippen LogP contribution is 2.21. The van der Waals surface area contributed by atoms with E-state index in [1.807, 2.05) is 0 Å². The van der Waals surface area contributed by atoms with Crippen molar-refractivity contribution < 1.29 is 0 Å². The molecule has 1 aromatic rings. The molecule has 0 aliphatic carbocycles. The van der Waals surface area contributed by atoms with Gasteiger partial charge >= 0.3 is 0 Å². The molecular weight excluding hydrogens is 252 g/mol. The summed E-state index contributed by atoms with van der Waals surface area (Å²) in [4.78, 5) is 4.38. The van der Waals surface area contributed by atoms with E-state index in [1.54, 1.807) is 11.8 Å². The van der Waals surface area contributed by atoms with E-state index in [0.717, 1.165) is 28.8 Å². The van der Waals surface area contributed by atoms with Crippen LogP contribution in [0.5, 0.6) is 0 Å². The number of nitrogens with zero attached hydrogens (tertiary/aromatic N) is 3. The maximum atomic E-state index is 8.97. The first-order valence-corrected chi connectivity index (χ1v) is 7.52. The van der Waals surface area contributed by atoms with Crippen molar-refractivity contribution in [1.82, 2.24) is 14.7 Å². The van der Waals surface area contributed by atoms with Crippen molar-refractivity contribution >= 4 is 23.3 Å². The van der Waals surface area contributed by atoms with Gasteiger partial charge in [-0.25, -0.2) is 4.98 Å². The third-order valence-corrected chi connectivity index (χ3v) is 3.99. The van der Waals surface area contributed by atoms with Gasteiger partial charge in [-0.05, 0) is 31.8 Å². The molecule has 0 spiro atoms. The summed E-state index contributed by atoms with van der Waals surface area (Å²) in [5.41, 5.74) is 0. The van der Waals surface area contributed by atoms with Gasteiger partial charge in [0, 0.05) is 18.2 Å². The number of thioether (sulfide) groups is 1. The summed E-state index contributed by atoms with van der Waals surface area (Å²) in [6.07, 6.45) is 1.72. The molecule has 0 aliphatic heterocycles.